The van der Waals surface area contributed by atoms with Gasteiger partial charge in [-0.2, -0.15) is 0 Å². The van der Waals surface area contributed by atoms with Gasteiger partial charge < -0.3 is 43.8 Å². The average molecular weight is 927 g/mol. The molecule has 13 nitrogen and oxygen atoms in total. The Morgan fingerprint density at radius 1 is 0.652 bits per heavy atom. The van der Waals surface area contributed by atoms with Gasteiger partial charge in [-0.1, -0.05) is 36.4 Å². The van der Waals surface area contributed by atoms with Crippen molar-refractivity contribution in [3.05, 3.63) is 130 Å². The second-order valence-electron chi connectivity index (χ2n) is 19.7. The van der Waals surface area contributed by atoms with E-state index in [2.05, 4.69) is 124 Å². The van der Waals surface area contributed by atoms with E-state index in [9.17, 15) is 9.59 Å². The zero-order valence-electron chi connectivity index (χ0n) is 40.4. The van der Waals surface area contributed by atoms with Crippen LogP contribution in [0.15, 0.2) is 84.9 Å². The summed E-state index contributed by atoms with van der Waals surface area (Å²) in [6, 6.07) is 30.3. The van der Waals surface area contributed by atoms with E-state index < -0.39 is 0 Å². The molecular weight excluding hydrogens is 865 g/mol. The minimum absolute atomic E-state index is 0.00169. The summed E-state index contributed by atoms with van der Waals surface area (Å²) in [5.41, 5.74) is 14.8. The molecule has 0 radical (unpaired) electrons. The van der Waals surface area contributed by atoms with Gasteiger partial charge in [-0.15, -0.1) is 0 Å². The number of nitrogens with one attached hydrogen (secondary N) is 2. The van der Waals surface area contributed by atoms with E-state index in [0.29, 0.717) is 52.5 Å². The summed E-state index contributed by atoms with van der Waals surface area (Å²) < 4.78 is 18.8. The number of H-pyrrole nitrogens is 2. The van der Waals surface area contributed by atoms with Gasteiger partial charge in [-0.05, 0) is 153 Å². The van der Waals surface area contributed by atoms with Crippen LogP contribution in [0.5, 0.6) is 11.5 Å². The summed E-state index contributed by atoms with van der Waals surface area (Å²) in [6.07, 6.45) is 4.50. The Kier molecular flexibility index (Phi) is 12.0. The zero-order chi connectivity index (χ0) is 47.3. The Balaban J connectivity index is 0.782. The third-order valence-corrected chi connectivity index (χ3v) is 14.9. The number of hydrogen-bond donors (Lipinski definition) is 2. The van der Waals surface area contributed by atoms with Crippen LogP contribution in [0.1, 0.15) is 76.6 Å². The number of carbonyl (C=O) groups excluding carboxylic acids is 2. The highest BCUT2D eigenvalue weighted by Crippen LogP contribution is 2.38. The minimum Gasteiger partial charge on any atom is -0.491 e. The van der Waals surface area contributed by atoms with E-state index in [1.54, 1.807) is 7.11 Å². The van der Waals surface area contributed by atoms with E-state index in [1.165, 1.54) is 5.56 Å². The highest BCUT2D eigenvalue weighted by Gasteiger charge is 2.36. The molecule has 2 saturated heterocycles. The van der Waals surface area contributed by atoms with Crippen molar-refractivity contribution in [3.63, 3.8) is 0 Å². The molecule has 0 spiro atoms. The minimum atomic E-state index is -0.0266. The number of aromatic nitrogens is 4. The van der Waals surface area contributed by atoms with Gasteiger partial charge >= 0.3 is 12.1 Å². The van der Waals surface area contributed by atoms with Gasteiger partial charge in [-0.3, -0.25) is 0 Å². The van der Waals surface area contributed by atoms with Crippen molar-refractivity contribution in [1.82, 2.24) is 39.5 Å². The molecule has 0 aliphatic carbocycles. The first kappa shape index (κ1) is 44.6. The lowest BCUT2D eigenvalue weighted by Gasteiger charge is -2.40. The number of methoxy groups -OCH3 is 1. The van der Waals surface area contributed by atoms with E-state index in [0.717, 1.165) is 134 Å². The number of urea groups is 2. The number of nitrogens with zero attached hydrogens (tertiary/aromatic N) is 6. The number of likely N-dealkylation sites (tertiary alicyclic amines) is 2. The first-order valence-electron chi connectivity index (χ1n) is 24.7. The molecular formula is C56H62N8O5. The predicted octanol–water partition coefficient (Wildman–Crippen LogP) is 10.2. The molecule has 0 saturated carbocycles. The molecule has 7 aromatic rings. The highest BCUT2D eigenvalue weighted by atomic mass is 16.5. The molecule has 2 aromatic heterocycles. The summed E-state index contributed by atoms with van der Waals surface area (Å²) in [5.74, 6) is 3.52. The molecule has 4 amide bonds. The zero-order valence-corrected chi connectivity index (χ0v) is 40.4. The molecule has 4 aliphatic heterocycles. The summed E-state index contributed by atoms with van der Waals surface area (Å²) in [7, 11) is 1.79. The molecule has 69 heavy (non-hydrogen) atoms. The molecule has 2 N–H and O–H groups in total. The van der Waals surface area contributed by atoms with Gasteiger partial charge in [0.2, 0.25) is 0 Å². The number of piperidine rings is 2. The summed E-state index contributed by atoms with van der Waals surface area (Å²) in [5, 5.41) is 0. The summed E-state index contributed by atoms with van der Waals surface area (Å²) in [6.45, 7) is 12.9. The molecule has 13 heteroatoms. The molecule has 6 heterocycles. The van der Waals surface area contributed by atoms with Crippen LogP contribution in [0.25, 0.3) is 44.3 Å². The fourth-order valence-corrected chi connectivity index (χ4v) is 11.5. The maximum absolute atomic E-state index is 14.7. The van der Waals surface area contributed by atoms with Gasteiger partial charge in [0.15, 0.2) is 0 Å². The first-order chi connectivity index (χ1) is 33.5. The molecule has 4 aliphatic rings. The SMILES string of the molecule is COC1CCN(C(=O)N2CCOc3c(C)cc(-c4ccc5nc(C)[nH]c5c4)cc3C2)CC1c1cccc(CC2CCCCN2C(=O)N2CCOc3c(C)cc(-c4ccc5nc(C)[nH]c5c4)cc3C2)c1. The number of benzene rings is 5. The first-order valence-corrected chi connectivity index (χ1v) is 24.7. The van der Waals surface area contributed by atoms with Crippen LogP contribution in [0.4, 0.5) is 9.59 Å². The van der Waals surface area contributed by atoms with E-state index in [-0.39, 0.29) is 30.1 Å². The molecule has 356 valence electrons. The van der Waals surface area contributed by atoms with Gasteiger partial charge in [0.25, 0.3) is 0 Å². The average Bonchev–Trinajstić information content (AvgIpc) is 3.74. The second-order valence-corrected chi connectivity index (χ2v) is 19.7. The molecule has 0 bridgehead atoms. The molecule has 2 fully saturated rings. The van der Waals surface area contributed by atoms with Crippen molar-refractivity contribution >= 4 is 34.1 Å². The summed E-state index contributed by atoms with van der Waals surface area (Å²) in [4.78, 5) is 53.2. The number of aromatic amines is 2. The second kappa shape index (κ2) is 18.6. The smallest absolute Gasteiger partial charge is 0.320 e. The fraction of sp³-hybridized carbons (Fsp3) is 0.393. The number of aryl methyl sites for hydroxylation is 4. The summed E-state index contributed by atoms with van der Waals surface area (Å²) >= 11 is 0. The lowest BCUT2D eigenvalue weighted by Crippen LogP contribution is -2.51. The van der Waals surface area contributed by atoms with Crippen LogP contribution in [0, 0.1) is 27.7 Å². The lowest BCUT2D eigenvalue weighted by molar-refractivity contribution is 0.0262. The van der Waals surface area contributed by atoms with Gasteiger partial charge in [0.1, 0.15) is 36.4 Å². The lowest BCUT2D eigenvalue weighted by atomic mass is 9.86. The van der Waals surface area contributed by atoms with E-state index in [4.69, 9.17) is 14.2 Å². The van der Waals surface area contributed by atoms with Crippen LogP contribution in [-0.2, 0) is 24.2 Å². The Bertz CT molecular complexity index is 3090. The third-order valence-electron chi connectivity index (χ3n) is 14.9. The Hall–Kier alpha value is -6.86. The van der Waals surface area contributed by atoms with Crippen LogP contribution in [0.2, 0.25) is 0 Å². The van der Waals surface area contributed by atoms with Crippen molar-refractivity contribution in [2.24, 2.45) is 0 Å². The number of fused-ring (bicyclic) bond motifs is 4. The van der Waals surface area contributed by atoms with Crippen molar-refractivity contribution in [3.8, 4) is 33.8 Å². The molecule has 3 atom stereocenters. The molecule has 11 rings (SSSR count). The monoisotopic (exact) mass is 926 g/mol. The predicted molar refractivity (Wildman–Crippen MR) is 269 cm³/mol. The number of imidazole rings is 2. The van der Waals surface area contributed by atoms with Crippen LogP contribution >= 0.6 is 0 Å². The Labute approximate surface area is 403 Å². The van der Waals surface area contributed by atoms with Crippen LogP contribution in [0.3, 0.4) is 0 Å². The third kappa shape index (κ3) is 8.88. The number of carbonyl (C=O) groups is 2. The molecule has 5 aromatic carbocycles. The number of rotatable bonds is 6. The Morgan fingerprint density at radius 2 is 1.26 bits per heavy atom. The van der Waals surface area contributed by atoms with Gasteiger partial charge in [0, 0.05) is 49.8 Å². The van der Waals surface area contributed by atoms with Crippen molar-refractivity contribution in [1.29, 1.82) is 0 Å². The largest absolute Gasteiger partial charge is 0.491 e. The topological polar surface area (TPSA) is 132 Å². The van der Waals surface area contributed by atoms with E-state index >= 15 is 0 Å². The highest BCUT2D eigenvalue weighted by molar-refractivity contribution is 5.84. The Morgan fingerprint density at radius 3 is 1.87 bits per heavy atom. The number of amides is 4. The van der Waals surface area contributed by atoms with E-state index in [1.807, 2.05) is 28.5 Å². The van der Waals surface area contributed by atoms with Gasteiger partial charge in [-0.25, -0.2) is 19.6 Å². The van der Waals surface area contributed by atoms with Gasteiger partial charge in [0.05, 0.1) is 54.3 Å². The standard InChI is InChI=1S/C56H62N8O5/c1-34-23-42(39-12-14-48-50(29-39)59-36(3)57-48)27-44-31-62(19-21-68-53(34)44)55(65)61-18-16-52(67-5)47(33-61)41-10-8-9-38(25-41)26-46-11-6-7-17-64(46)56(66)63-20-22-69-54-35(2)24-43(28-45(54)32-63)40-13-15-49-51(30-40)60-37(4)58-49/h8-10,12-15,23-25,27-30,46-47,52H,6-7,11,16-22,26,31-33H2,1-5H3,(H,57,59)(H,58,60). The molecule has 3 unspecified atom stereocenters. The maximum atomic E-state index is 14.7. The maximum Gasteiger partial charge on any atom is 0.320 e. The number of ether oxygens (including phenoxy) is 3. The normalized spacial score (nSPS) is 19.7. The number of hydrogen-bond acceptors (Lipinski definition) is 7. The van der Waals surface area contributed by atoms with Crippen molar-refractivity contribution in [2.75, 3.05) is 53.0 Å². The van der Waals surface area contributed by atoms with Crippen molar-refractivity contribution < 1.29 is 23.8 Å². The quantitative estimate of drug-likeness (QED) is 0.170. The van der Waals surface area contributed by atoms with Crippen LogP contribution < -0.4 is 9.47 Å². The van der Waals surface area contributed by atoms with Crippen molar-refractivity contribution in [2.45, 2.75) is 91.0 Å². The fourth-order valence-electron chi connectivity index (χ4n) is 11.5. The van der Waals surface area contributed by atoms with Crippen LogP contribution in [-0.4, -0.2) is 117 Å².